The van der Waals surface area contributed by atoms with E-state index >= 15 is 0 Å². The second kappa shape index (κ2) is 6.23. The lowest BCUT2D eigenvalue weighted by molar-refractivity contribution is 0.134. The summed E-state index contributed by atoms with van der Waals surface area (Å²) in [5.74, 6) is 5.44. The van der Waals surface area contributed by atoms with Crippen LogP contribution in [-0.4, -0.2) is 0 Å². The maximum Gasteiger partial charge on any atom is 0.137 e. The summed E-state index contributed by atoms with van der Waals surface area (Å²) in [6, 6.07) is 11.3. The average molecular weight is 351 g/mol. The summed E-state index contributed by atoms with van der Waals surface area (Å²) in [6.07, 6.45) is 0.690. The van der Waals surface area contributed by atoms with Crippen molar-refractivity contribution in [2.45, 2.75) is 25.7 Å². The molecule has 0 aromatic heterocycles. The van der Waals surface area contributed by atoms with Gasteiger partial charge in [0.25, 0.3) is 0 Å². The van der Waals surface area contributed by atoms with E-state index in [0.29, 0.717) is 24.1 Å². The molecule has 2 aromatic rings. The van der Waals surface area contributed by atoms with Crippen molar-refractivity contribution in [2.75, 3.05) is 0 Å². The van der Waals surface area contributed by atoms with E-state index in [-0.39, 0.29) is 11.9 Å². The Morgan fingerprint density at radius 1 is 1.19 bits per heavy atom. The van der Waals surface area contributed by atoms with Crippen molar-refractivity contribution in [3.8, 4) is 0 Å². The maximum atomic E-state index is 13.3. The van der Waals surface area contributed by atoms with Gasteiger partial charge in [-0.3, -0.25) is 11.3 Å². The van der Waals surface area contributed by atoms with Crippen molar-refractivity contribution in [2.24, 2.45) is 5.84 Å². The van der Waals surface area contributed by atoms with Crippen LogP contribution >= 0.6 is 15.9 Å². The molecule has 3 nitrogen and oxygen atoms in total. The van der Waals surface area contributed by atoms with Crippen LogP contribution in [0.2, 0.25) is 0 Å². The third kappa shape index (κ3) is 3.16. The van der Waals surface area contributed by atoms with E-state index in [9.17, 15) is 4.39 Å². The predicted molar refractivity (Wildman–Crippen MR) is 82.8 cm³/mol. The summed E-state index contributed by atoms with van der Waals surface area (Å²) in [6.45, 7) is 1.34. The summed E-state index contributed by atoms with van der Waals surface area (Å²) in [4.78, 5) is 0. The smallest absolute Gasteiger partial charge is 0.137 e. The highest BCUT2D eigenvalue weighted by atomic mass is 79.9. The van der Waals surface area contributed by atoms with Crippen molar-refractivity contribution < 1.29 is 9.13 Å². The van der Waals surface area contributed by atoms with E-state index in [4.69, 9.17) is 10.6 Å². The summed E-state index contributed by atoms with van der Waals surface area (Å²) < 4.78 is 19.2. The number of hydrogen-bond donors (Lipinski definition) is 2. The van der Waals surface area contributed by atoms with Crippen molar-refractivity contribution in [3.63, 3.8) is 0 Å². The van der Waals surface area contributed by atoms with Gasteiger partial charge in [-0.2, -0.15) is 0 Å². The summed E-state index contributed by atoms with van der Waals surface area (Å²) in [7, 11) is 0. The van der Waals surface area contributed by atoms with Crippen LogP contribution in [0.15, 0.2) is 40.9 Å². The molecular formula is C16H16BrFN2O. The van der Waals surface area contributed by atoms with Gasteiger partial charge in [-0.25, -0.2) is 4.39 Å². The first-order chi connectivity index (χ1) is 10.2. The molecule has 0 radical (unpaired) electrons. The van der Waals surface area contributed by atoms with E-state index in [1.54, 1.807) is 12.1 Å². The molecule has 0 amide bonds. The second-order valence-electron chi connectivity index (χ2n) is 5.19. The molecule has 0 aliphatic carbocycles. The SMILES string of the molecule is NNC(Cc1ccc(F)c(Br)c1)c1ccc2c(c1)COC2. The van der Waals surface area contributed by atoms with Gasteiger partial charge < -0.3 is 4.74 Å². The number of hydrazine groups is 1. The summed E-state index contributed by atoms with van der Waals surface area (Å²) in [5, 5.41) is 0. The Bertz CT molecular complexity index is 663. The maximum absolute atomic E-state index is 13.3. The van der Waals surface area contributed by atoms with Crippen molar-refractivity contribution in [1.29, 1.82) is 0 Å². The van der Waals surface area contributed by atoms with Gasteiger partial charge in [0.05, 0.1) is 17.7 Å². The number of ether oxygens (including phenoxy) is 1. The van der Waals surface area contributed by atoms with E-state index in [2.05, 4.69) is 39.6 Å². The largest absolute Gasteiger partial charge is 0.372 e. The standard InChI is InChI=1S/C16H16BrFN2O/c17-14-5-10(1-4-15(14)18)6-16(20-19)11-2-3-12-8-21-9-13(12)7-11/h1-5,7,16,20H,6,8-9,19H2. The Morgan fingerprint density at radius 2 is 2.00 bits per heavy atom. The number of nitrogens with one attached hydrogen (secondary N) is 1. The Hall–Kier alpha value is -1.27. The molecule has 110 valence electrons. The van der Waals surface area contributed by atoms with Crippen LogP contribution in [0.1, 0.15) is 28.3 Å². The zero-order valence-corrected chi connectivity index (χ0v) is 13.0. The molecule has 0 saturated carbocycles. The van der Waals surface area contributed by atoms with E-state index < -0.39 is 0 Å². The zero-order valence-electron chi connectivity index (χ0n) is 11.4. The predicted octanol–water partition coefficient (Wildman–Crippen LogP) is 3.37. The third-order valence-corrected chi connectivity index (χ3v) is 4.38. The lowest BCUT2D eigenvalue weighted by Crippen LogP contribution is -2.29. The van der Waals surface area contributed by atoms with Gasteiger partial charge in [0, 0.05) is 6.04 Å². The van der Waals surface area contributed by atoms with Gasteiger partial charge in [0.15, 0.2) is 0 Å². The van der Waals surface area contributed by atoms with Crippen LogP contribution in [0.25, 0.3) is 0 Å². The van der Waals surface area contributed by atoms with Gasteiger partial charge in [0.2, 0.25) is 0 Å². The highest BCUT2D eigenvalue weighted by Gasteiger charge is 2.16. The molecular weight excluding hydrogens is 335 g/mol. The molecule has 1 unspecified atom stereocenters. The minimum absolute atomic E-state index is 0.0201. The molecule has 0 fully saturated rings. The van der Waals surface area contributed by atoms with Crippen LogP contribution in [-0.2, 0) is 24.4 Å². The Labute approximate surface area is 131 Å². The Kier molecular flexibility index (Phi) is 4.35. The molecule has 21 heavy (non-hydrogen) atoms. The molecule has 2 aromatic carbocycles. The number of nitrogens with two attached hydrogens (primary N) is 1. The first-order valence-electron chi connectivity index (χ1n) is 6.77. The lowest BCUT2D eigenvalue weighted by Gasteiger charge is -2.17. The fraction of sp³-hybridized carbons (Fsp3) is 0.250. The zero-order chi connectivity index (χ0) is 14.8. The van der Waals surface area contributed by atoms with Crippen molar-refractivity contribution in [3.05, 3.63) is 68.9 Å². The van der Waals surface area contributed by atoms with Crippen LogP contribution in [0, 0.1) is 5.82 Å². The summed E-state index contributed by atoms with van der Waals surface area (Å²) >= 11 is 3.21. The fourth-order valence-electron chi connectivity index (χ4n) is 2.58. The van der Waals surface area contributed by atoms with Gasteiger partial charge in [-0.05, 0) is 56.7 Å². The number of halogens is 2. The number of benzene rings is 2. The van der Waals surface area contributed by atoms with Gasteiger partial charge >= 0.3 is 0 Å². The minimum atomic E-state index is -0.259. The first-order valence-corrected chi connectivity index (χ1v) is 7.56. The summed E-state index contributed by atoms with van der Waals surface area (Å²) in [5.41, 5.74) is 7.42. The molecule has 0 saturated heterocycles. The molecule has 1 aliphatic rings. The van der Waals surface area contributed by atoms with E-state index in [0.717, 1.165) is 11.1 Å². The van der Waals surface area contributed by atoms with Gasteiger partial charge in [-0.15, -0.1) is 0 Å². The molecule has 0 spiro atoms. The van der Waals surface area contributed by atoms with E-state index in [1.807, 2.05) is 0 Å². The van der Waals surface area contributed by atoms with Crippen LogP contribution in [0.5, 0.6) is 0 Å². The fourth-order valence-corrected chi connectivity index (χ4v) is 3.01. The molecule has 5 heteroatoms. The molecule has 1 aliphatic heterocycles. The lowest BCUT2D eigenvalue weighted by atomic mass is 9.96. The molecule has 0 bridgehead atoms. The first kappa shape index (κ1) is 14.7. The van der Waals surface area contributed by atoms with E-state index in [1.165, 1.54) is 17.2 Å². The molecule has 1 atom stereocenters. The highest BCUT2D eigenvalue weighted by Crippen LogP contribution is 2.26. The van der Waals surface area contributed by atoms with Gasteiger partial charge in [-0.1, -0.05) is 24.3 Å². The Morgan fingerprint density at radius 3 is 2.76 bits per heavy atom. The van der Waals surface area contributed by atoms with Crippen LogP contribution < -0.4 is 11.3 Å². The monoisotopic (exact) mass is 350 g/mol. The average Bonchev–Trinajstić information content (AvgIpc) is 2.95. The number of rotatable bonds is 4. The highest BCUT2D eigenvalue weighted by molar-refractivity contribution is 9.10. The molecule has 3 rings (SSSR count). The molecule has 1 heterocycles. The Balaban J connectivity index is 1.83. The van der Waals surface area contributed by atoms with Gasteiger partial charge in [0.1, 0.15) is 5.82 Å². The number of hydrogen-bond acceptors (Lipinski definition) is 3. The van der Waals surface area contributed by atoms with Crippen LogP contribution in [0.4, 0.5) is 4.39 Å². The second-order valence-corrected chi connectivity index (χ2v) is 6.05. The van der Waals surface area contributed by atoms with Crippen molar-refractivity contribution >= 4 is 15.9 Å². The quantitative estimate of drug-likeness (QED) is 0.656. The molecule has 3 N–H and O–H groups in total. The third-order valence-electron chi connectivity index (χ3n) is 3.77. The van der Waals surface area contributed by atoms with Crippen molar-refractivity contribution in [1.82, 2.24) is 5.43 Å². The normalized spacial score (nSPS) is 15.0. The van der Waals surface area contributed by atoms with Crippen LogP contribution in [0.3, 0.4) is 0 Å². The minimum Gasteiger partial charge on any atom is -0.372 e. The topological polar surface area (TPSA) is 47.3 Å². The number of fused-ring (bicyclic) bond motifs is 1.